The largest absolute Gasteiger partial charge is 0.497 e. The highest BCUT2D eigenvalue weighted by Crippen LogP contribution is 2.42. The van der Waals surface area contributed by atoms with Gasteiger partial charge in [-0.05, 0) is 28.8 Å². The second-order valence-corrected chi connectivity index (χ2v) is 8.87. The van der Waals surface area contributed by atoms with E-state index in [1.54, 1.807) is 43.5 Å². The lowest BCUT2D eigenvalue weighted by atomic mass is 10.0. The molecule has 0 aromatic heterocycles. The maximum atomic E-state index is 12.9. The summed E-state index contributed by atoms with van der Waals surface area (Å²) in [5, 5.41) is 10.6. The van der Waals surface area contributed by atoms with E-state index in [4.69, 9.17) is 21.1 Å². The molecule has 2 aromatic rings. The Kier molecular flexibility index (Phi) is 7.18. The highest BCUT2D eigenvalue weighted by Gasteiger charge is 2.53. The third kappa shape index (κ3) is 4.78. The number of nitrogens with zero attached hydrogens (tertiary/aromatic N) is 3. The number of ether oxygens (including phenoxy) is 2. The summed E-state index contributed by atoms with van der Waals surface area (Å²) < 4.78 is 10.6. The van der Waals surface area contributed by atoms with Gasteiger partial charge in [0.1, 0.15) is 23.4 Å². The fourth-order valence-corrected chi connectivity index (χ4v) is 5.25. The molecule has 11 heteroatoms. The summed E-state index contributed by atoms with van der Waals surface area (Å²) in [7, 11) is 1.57. The SMILES string of the molecule is COc1ccc(COC(=O)C2=C(CCl)CS[C@H]3[C@H](N=Cc4cccc([N+](=O)[O-])c4)C(=O)N23)cc1. The molecule has 1 saturated heterocycles. The first-order valence-electron chi connectivity index (χ1n) is 10.2. The Hall–Kier alpha value is -3.37. The molecule has 0 aliphatic carbocycles. The van der Waals surface area contributed by atoms with Gasteiger partial charge in [0, 0.05) is 30.0 Å². The Morgan fingerprint density at radius 2 is 2.09 bits per heavy atom. The number of fused-ring (bicyclic) bond motifs is 1. The molecule has 2 aliphatic heterocycles. The lowest BCUT2D eigenvalue weighted by molar-refractivity contribution is -0.384. The van der Waals surface area contributed by atoms with Crippen LogP contribution in [0.25, 0.3) is 0 Å². The number of benzene rings is 2. The van der Waals surface area contributed by atoms with Gasteiger partial charge in [-0.15, -0.1) is 23.4 Å². The number of aliphatic imine (C=N–C) groups is 1. The van der Waals surface area contributed by atoms with Gasteiger partial charge >= 0.3 is 5.97 Å². The van der Waals surface area contributed by atoms with Crippen molar-refractivity contribution < 1.29 is 24.0 Å². The predicted molar refractivity (Wildman–Crippen MR) is 128 cm³/mol. The van der Waals surface area contributed by atoms with Crippen LogP contribution in [0.5, 0.6) is 5.75 Å². The molecule has 4 rings (SSSR count). The van der Waals surface area contributed by atoms with E-state index in [9.17, 15) is 19.7 Å². The number of carbonyl (C=O) groups is 2. The van der Waals surface area contributed by atoms with Gasteiger partial charge in [-0.1, -0.05) is 24.3 Å². The van der Waals surface area contributed by atoms with Gasteiger partial charge in [0.25, 0.3) is 11.6 Å². The molecular formula is C23H20ClN3O6S. The quantitative estimate of drug-likeness (QED) is 0.136. The minimum absolute atomic E-state index is 0.0378. The Bertz CT molecular complexity index is 1180. The summed E-state index contributed by atoms with van der Waals surface area (Å²) >= 11 is 7.52. The number of nitro groups is 1. The Morgan fingerprint density at radius 1 is 1.32 bits per heavy atom. The van der Waals surface area contributed by atoms with Gasteiger partial charge in [0.15, 0.2) is 6.04 Å². The van der Waals surface area contributed by atoms with E-state index in [1.165, 1.54) is 35.0 Å². The zero-order chi connectivity index (χ0) is 24.2. The number of amides is 1. The van der Waals surface area contributed by atoms with E-state index < -0.39 is 16.9 Å². The first-order valence-corrected chi connectivity index (χ1v) is 11.8. The third-order valence-corrected chi connectivity index (χ3v) is 7.02. The zero-order valence-electron chi connectivity index (χ0n) is 18.0. The maximum absolute atomic E-state index is 12.9. The van der Waals surface area contributed by atoms with E-state index in [2.05, 4.69) is 4.99 Å². The highest BCUT2D eigenvalue weighted by atomic mass is 35.5. The van der Waals surface area contributed by atoms with E-state index in [0.717, 1.165) is 5.56 Å². The topological polar surface area (TPSA) is 111 Å². The first kappa shape index (κ1) is 23.8. The van der Waals surface area contributed by atoms with E-state index in [1.807, 2.05) is 0 Å². The summed E-state index contributed by atoms with van der Waals surface area (Å²) in [4.78, 5) is 42.0. The molecule has 0 radical (unpaired) electrons. The molecule has 0 bridgehead atoms. The highest BCUT2D eigenvalue weighted by molar-refractivity contribution is 8.00. The molecule has 2 atom stereocenters. The van der Waals surface area contributed by atoms with Crippen molar-refractivity contribution in [1.29, 1.82) is 0 Å². The lowest BCUT2D eigenvalue weighted by Gasteiger charge is -2.48. The molecule has 176 valence electrons. The number of rotatable bonds is 8. The number of hydrogen-bond donors (Lipinski definition) is 0. The van der Waals surface area contributed by atoms with Crippen molar-refractivity contribution in [1.82, 2.24) is 4.90 Å². The lowest BCUT2D eigenvalue weighted by Crippen LogP contribution is -2.64. The van der Waals surface area contributed by atoms with Crippen molar-refractivity contribution in [2.75, 3.05) is 18.7 Å². The van der Waals surface area contributed by atoms with Crippen LogP contribution in [0.15, 0.2) is 64.8 Å². The number of nitro benzene ring substituents is 1. The molecule has 34 heavy (non-hydrogen) atoms. The summed E-state index contributed by atoms with van der Waals surface area (Å²) in [6.45, 7) is 0.0378. The van der Waals surface area contributed by atoms with Crippen LogP contribution in [0.4, 0.5) is 5.69 Å². The van der Waals surface area contributed by atoms with Gasteiger partial charge in [-0.2, -0.15) is 0 Å². The molecule has 0 spiro atoms. The third-order valence-electron chi connectivity index (χ3n) is 5.37. The minimum Gasteiger partial charge on any atom is -0.497 e. The fourth-order valence-electron chi connectivity index (χ4n) is 3.58. The molecule has 0 N–H and O–H groups in total. The second-order valence-electron chi connectivity index (χ2n) is 7.49. The molecule has 2 aromatic carbocycles. The van der Waals surface area contributed by atoms with E-state index >= 15 is 0 Å². The molecule has 0 saturated carbocycles. The maximum Gasteiger partial charge on any atom is 0.355 e. The van der Waals surface area contributed by atoms with Crippen molar-refractivity contribution in [2.24, 2.45) is 4.99 Å². The van der Waals surface area contributed by atoms with Gasteiger partial charge in [0.2, 0.25) is 0 Å². The number of non-ortho nitro benzene ring substituents is 1. The molecule has 9 nitrogen and oxygen atoms in total. The Balaban J connectivity index is 1.46. The number of alkyl halides is 1. The van der Waals surface area contributed by atoms with Crippen LogP contribution in [0.2, 0.25) is 0 Å². The van der Waals surface area contributed by atoms with Crippen LogP contribution >= 0.6 is 23.4 Å². The van der Waals surface area contributed by atoms with Crippen LogP contribution in [-0.2, 0) is 20.9 Å². The monoisotopic (exact) mass is 501 g/mol. The minimum atomic E-state index is -0.703. The van der Waals surface area contributed by atoms with Gasteiger partial charge in [0.05, 0.1) is 12.0 Å². The van der Waals surface area contributed by atoms with Crippen molar-refractivity contribution in [3.63, 3.8) is 0 Å². The number of thioether (sulfide) groups is 1. The van der Waals surface area contributed by atoms with Crippen molar-refractivity contribution in [3.05, 3.63) is 81.0 Å². The molecule has 0 unspecified atom stereocenters. The summed E-state index contributed by atoms with van der Waals surface area (Å²) in [6, 6.07) is 12.4. The Morgan fingerprint density at radius 3 is 2.76 bits per heavy atom. The van der Waals surface area contributed by atoms with Gasteiger partial charge in [-0.3, -0.25) is 24.8 Å². The smallest absolute Gasteiger partial charge is 0.355 e. The van der Waals surface area contributed by atoms with Gasteiger partial charge < -0.3 is 9.47 Å². The van der Waals surface area contributed by atoms with Crippen LogP contribution < -0.4 is 4.74 Å². The fraction of sp³-hybridized carbons (Fsp3) is 0.261. The number of esters is 1. The number of methoxy groups -OCH3 is 1. The summed E-state index contributed by atoms with van der Waals surface area (Å²) in [5.74, 6) is 0.285. The molecule has 2 aliphatic rings. The van der Waals surface area contributed by atoms with Crippen molar-refractivity contribution in [2.45, 2.75) is 18.0 Å². The normalized spacial score (nSPS) is 19.6. The standard InChI is InChI=1S/C23H20ClN3O6S/c1-32-18-7-5-14(6-8-18)12-33-23(29)20-16(10-24)13-34-22-19(21(28)26(20)22)25-11-15-3-2-4-17(9-15)27(30)31/h2-9,11,19,22H,10,12-13H2,1H3/t19-,22+/m1/s1. The number of carbonyl (C=O) groups excluding carboxylic acids is 2. The van der Waals surface area contributed by atoms with Crippen LogP contribution in [0.1, 0.15) is 11.1 Å². The van der Waals surface area contributed by atoms with Crippen LogP contribution in [0, 0.1) is 10.1 Å². The van der Waals surface area contributed by atoms with E-state index in [0.29, 0.717) is 22.6 Å². The predicted octanol–water partition coefficient (Wildman–Crippen LogP) is 3.54. The molecular weight excluding hydrogens is 482 g/mol. The zero-order valence-corrected chi connectivity index (χ0v) is 19.6. The summed E-state index contributed by atoms with van der Waals surface area (Å²) in [6.07, 6.45) is 1.44. The van der Waals surface area contributed by atoms with Crippen LogP contribution in [0.3, 0.4) is 0 Å². The summed E-state index contributed by atoms with van der Waals surface area (Å²) in [5.41, 5.74) is 2.01. The molecule has 1 fully saturated rings. The average Bonchev–Trinajstić information content (AvgIpc) is 2.86. The van der Waals surface area contributed by atoms with Crippen molar-refractivity contribution >= 4 is 47.1 Å². The number of hydrogen-bond acceptors (Lipinski definition) is 8. The molecule has 1 amide bonds. The van der Waals surface area contributed by atoms with E-state index in [-0.39, 0.29) is 35.2 Å². The molecule has 2 heterocycles. The number of halogens is 1. The first-order chi connectivity index (χ1) is 16.4. The average molecular weight is 502 g/mol. The van der Waals surface area contributed by atoms with Gasteiger partial charge in [-0.25, -0.2) is 4.79 Å². The van der Waals surface area contributed by atoms with Crippen LogP contribution in [-0.4, -0.2) is 58.1 Å². The number of β-lactam (4-membered cyclic amide) rings is 1. The van der Waals surface area contributed by atoms with Crippen molar-refractivity contribution in [3.8, 4) is 5.75 Å². The Labute approximate surface area is 204 Å². The second kappa shape index (κ2) is 10.3.